The van der Waals surface area contributed by atoms with Gasteiger partial charge in [-0.3, -0.25) is 0 Å². The fraction of sp³-hybridized carbons (Fsp3) is 0.375. The van der Waals surface area contributed by atoms with Crippen molar-refractivity contribution in [3.05, 3.63) is 47.4 Å². The van der Waals surface area contributed by atoms with Crippen molar-refractivity contribution in [3.8, 4) is 0 Å². The molecule has 0 saturated heterocycles. The van der Waals surface area contributed by atoms with E-state index in [1.165, 1.54) is 12.1 Å². The van der Waals surface area contributed by atoms with Gasteiger partial charge in [-0.1, -0.05) is 12.1 Å². The van der Waals surface area contributed by atoms with Crippen LogP contribution in [0.15, 0.2) is 30.3 Å². The van der Waals surface area contributed by atoms with Crippen molar-refractivity contribution in [1.29, 1.82) is 0 Å². The average Bonchev–Trinajstić information content (AvgIpc) is 2.39. The normalized spacial score (nSPS) is 10.7. The number of aromatic nitrogens is 2. The molecule has 4 nitrogen and oxygen atoms in total. The van der Waals surface area contributed by atoms with Crippen LogP contribution < -0.4 is 10.6 Å². The lowest BCUT2D eigenvalue weighted by Gasteiger charge is -2.12. The van der Waals surface area contributed by atoms with Crippen molar-refractivity contribution in [2.75, 3.05) is 17.2 Å². The highest BCUT2D eigenvalue weighted by atomic mass is 19.1. The van der Waals surface area contributed by atoms with Crippen LogP contribution in [-0.4, -0.2) is 22.6 Å². The second-order valence-corrected chi connectivity index (χ2v) is 5.32. The van der Waals surface area contributed by atoms with Crippen LogP contribution in [0, 0.1) is 12.7 Å². The molecule has 0 spiro atoms. The average molecular weight is 288 g/mol. The molecule has 2 N–H and O–H groups in total. The number of nitrogens with zero attached hydrogens (tertiary/aromatic N) is 2. The molecule has 0 amide bonds. The first kappa shape index (κ1) is 15.2. The Bertz CT molecular complexity index is 581. The molecule has 0 aliphatic carbocycles. The first-order valence-electron chi connectivity index (χ1n) is 7.13. The van der Waals surface area contributed by atoms with E-state index in [1.54, 1.807) is 12.1 Å². The Hall–Kier alpha value is -2.17. The van der Waals surface area contributed by atoms with Crippen LogP contribution in [0.3, 0.4) is 0 Å². The summed E-state index contributed by atoms with van der Waals surface area (Å²) in [6.45, 7) is 6.78. The van der Waals surface area contributed by atoms with Gasteiger partial charge in [-0.05, 0) is 44.9 Å². The van der Waals surface area contributed by atoms with Crippen LogP contribution in [0.1, 0.15) is 25.1 Å². The maximum atomic E-state index is 12.8. The first-order valence-corrected chi connectivity index (χ1v) is 7.13. The molecule has 21 heavy (non-hydrogen) atoms. The van der Waals surface area contributed by atoms with Crippen LogP contribution >= 0.6 is 0 Å². The summed E-state index contributed by atoms with van der Waals surface area (Å²) in [6.07, 6.45) is 0.796. The molecule has 2 rings (SSSR count). The SMILES string of the molecule is Cc1cc(NC(C)C)nc(NCCc2ccc(F)cc2)n1. The van der Waals surface area contributed by atoms with Gasteiger partial charge in [0, 0.05) is 24.3 Å². The number of nitrogens with one attached hydrogen (secondary N) is 2. The van der Waals surface area contributed by atoms with E-state index in [4.69, 9.17) is 0 Å². The van der Waals surface area contributed by atoms with Crippen LogP contribution in [0.2, 0.25) is 0 Å². The van der Waals surface area contributed by atoms with Gasteiger partial charge in [0.1, 0.15) is 11.6 Å². The van der Waals surface area contributed by atoms with E-state index >= 15 is 0 Å². The van der Waals surface area contributed by atoms with Gasteiger partial charge in [-0.15, -0.1) is 0 Å². The fourth-order valence-electron chi connectivity index (χ4n) is 1.99. The van der Waals surface area contributed by atoms with E-state index in [0.29, 0.717) is 18.5 Å². The van der Waals surface area contributed by atoms with Gasteiger partial charge < -0.3 is 10.6 Å². The van der Waals surface area contributed by atoms with Gasteiger partial charge in [-0.25, -0.2) is 9.37 Å². The summed E-state index contributed by atoms with van der Waals surface area (Å²) in [5, 5.41) is 6.47. The predicted octanol–water partition coefficient (Wildman–Crippen LogP) is 3.40. The Morgan fingerprint density at radius 1 is 1.14 bits per heavy atom. The predicted molar refractivity (Wildman–Crippen MR) is 84.1 cm³/mol. The van der Waals surface area contributed by atoms with Crippen LogP contribution in [-0.2, 0) is 6.42 Å². The maximum absolute atomic E-state index is 12.8. The zero-order valence-electron chi connectivity index (χ0n) is 12.7. The molecule has 0 unspecified atom stereocenters. The summed E-state index contributed by atoms with van der Waals surface area (Å²) in [7, 11) is 0. The van der Waals surface area contributed by atoms with Gasteiger partial charge in [-0.2, -0.15) is 4.98 Å². The van der Waals surface area contributed by atoms with Gasteiger partial charge in [0.25, 0.3) is 0 Å². The Morgan fingerprint density at radius 3 is 2.52 bits per heavy atom. The third kappa shape index (κ3) is 5.02. The number of anilines is 2. The van der Waals surface area contributed by atoms with E-state index in [-0.39, 0.29) is 5.82 Å². The Morgan fingerprint density at radius 2 is 1.86 bits per heavy atom. The Balaban J connectivity index is 1.93. The van der Waals surface area contributed by atoms with Crippen LogP contribution in [0.5, 0.6) is 0 Å². The maximum Gasteiger partial charge on any atom is 0.224 e. The standard InChI is InChI=1S/C16H21FN4/c1-11(2)19-15-10-12(3)20-16(21-15)18-9-8-13-4-6-14(17)7-5-13/h4-7,10-11H,8-9H2,1-3H3,(H2,18,19,20,21). The van der Waals surface area contributed by atoms with E-state index in [1.807, 2.05) is 13.0 Å². The summed E-state index contributed by atoms with van der Waals surface area (Å²) >= 11 is 0. The summed E-state index contributed by atoms with van der Waals surface area (Å²) in [6, 6.07) is 8.78. The van der Waals surface area contributed by atoms with Crippen molar-refractivity contribution in [1.82, 2.24) is 9.97 Å². The minimum absolute atomic E-state index is 0.210. The topological polar surface area (TPSA) is 49.8 Å². The molecular formula is C16H21FN4. The number of hydrogen-bond acceptors (Lipinski definition) is 4. The fourth-order valence-corrected chi connectivity index (χ4v) is 1.99. The first-order chi connectivity index (χ1) is 10.0. The molecule has 1 heterocycles. The third-order valence-corrected chi connectivity index (χ3v) is 2.90. The summed E-state index contributed by atoms with van der Waals surface area (Å²) in [5.41, 5.74) is 1.99. The molecule has 2 aromatic rings. The number of aryl methyl sites for hydroxylation is 1. The molecule has 0 radical (unpaired) electrons. The van der Waals surface area contributed by atoms with Gasteiger partial charge in [0.2, 0.25) is 5.95 Å². The second kappa shape index (κ2) is 7.02. The molecule has 1 aromatic carbocycles. The number of hydrogen-bond donors (Lipinski definition) is 2. The van der Waals surface area contributed by atoms with Crippen LogP contribution in [0.25, 0.3) is 0 Å². The minimum atomic E-state index is -0.210. The highest BCUT2D eigenvalue weighted by Crippen LogP contribution is 2.11. The number of halogens is 1. The van der Waals surface area contributed by atoms with E-state index in [9.17, 15) is 4.39 Å². The summed E-state index contributed by atoms with van der Waals surface area (Å²) in [4.78, 5) is 8.79. The molecule has 5 heteroatoms. The lowest BCUT2D eigenvalue weighted by atomic mass is 10.1. The van der Waals surface area contributed by atoms with Crippen molar-refractivity contribution in [2.45, 2.75) is 33.2 Å². The molecule has 0 aliphatic heterocycles. The zero-order valence-corrected chi connectivity index (χ0v) is 12.7. The van der Waals surface area contributed by atoms with E-state index < -0.39 is 0 Å². The second-order valence-electron chi connectivity index (χ2n) is 5.32. The monoisotopic (exact) mass is 288 g/mol. The van der Waals surface area contributed by atoms with Crippen molar-refractivity contribution >= 4 is 11.8 Å². The van der Waals surface area contributed by atoms with Crippen LogP contribution in [0.4, 0.5) is 16.2 Å². The quantitative estimate of drug-likeness (QED) is 0.855. The lowest BCUT2D eigenvalue weighted by Crippen LogP contribution is -2.14. The smallest absolute Gasteiger partial charge is 0.224 e. The molecular weight excluding hydrogens is 267 g/mol. The van der Waals surface area contributed by atoms with E-state index in [2.05, 4.69) is 34.4 Å². The number of benzene rings is 1. The van der Waals surface area contributed by atoms with Crippen molar-refractivity contribution in [3.63, 3.8) is 0 Å². The van der Waals surface area contributed by atoms with Crippen molar-refractivity contribution in [2.24, 2.45) is 0 Å². The van der Waals surface area contributed by atoms with Gasteiger partial charge in [0.15, 0.2) is 0 Å². The largest absolute Gasteiger partial charge is 0.368 e. The molecule has 0 fully saturated rings. The minimum Gasteiger partial charge on any atom is -0.368 e. The summed E-state index contributed by atoms with van der Waals surface area (Å²) in [5.74, 6) is 1.22. The molecule has 0 atom stereocenters. The van der Waals surface area contributed by atoms with Gasteiger partial charge in [0.05, 0.1) is 0 Å². The molecule has 112 valence electrons. The molecule has 1 aromatic heterocycles. The zero-order chi connectivity index (χ0) is 15.2. The highest BCUT2D eigenvalue weighted by Gasteiger charge is 2.03. The Kier molecular flexibility index (Phi) is 5.09. The van der Waals surface area contributed by atoms with E-state index in [0.717, 1.165) is 23.5 Å². The number of rotatable bonds is 6. The van der Waals surface area contributed by atoms with Crippen molar-refractivity contribution < 1.29 is 4.39 Å². The lowest BCUT2D eigenvalue weighted by molar-refractivity contribution is 0.627. The molecule has 0 bridgehead atoms. The third-order valence-electron chi connectivity index (χ3n) is 2.90. The van der Waals surface area contributed by atoms with Gasteiger partial charge >= 0.3 is 0 Å². The Labute approximate surface area is 124 Å². The highest BCUT2D eigenvalue weighted by molar-refractivity contribution is 5.42. The summed E-state index contributed by atoms with van der Waals surface area (Å²) < 4.78 is 12.8. The molecule has 0 aliphatic rings. The molecule has 0 saturated carbocycles.